The van der Waals surface area contributed by atoms with Crippen LogP contribution in [0.3, 0.4) is 0 Å². The van der Waals surface area contributed by atoms with Gasteiger partial charge in [-0.2, -0.15) is 0 Å². The number of nitrogens with one attached hydrogen (secondary N) is 1. The molecule has 1 heterocycles. The van der Waals surface area contributed by atoms with Crippen LogP contribution in [-0.4, -0.2) is 75.1 Å². The Morgan fingerprint density at radius 3 is 2.39 bits per heavy atom. The summed E-state index contributed by atoms with van der Waals surface area (Å²) in [6.07, 6.45) is -6.15. The van der Waals surface area contributed by atoms with Crippen molar-refractivity contribution in [1.29, 1.82) is 0 Å². The lowest BCUT2D eigenvalue weighted by Gasteiger charge is -2.30. The minimum Gasteiger partial charge on any atom is -0.398 e. The molecule has 0 fully saturated rings. The minimum absolute atomic E-state index is 0.00972. The largest absolute Gasteiger partial charge is 0.398 e. The summed E-state index contributed by atoms with van der Waals surface area (Å²) < 4.78 is 0. The third kappa shape index (κ3) is 3.52. The van der Waals surface area contributed by atoms with Crippen LogP contribution in [0.1, 0.15) is 5.56 Å². The van der Waals surface area contributed by atoms with E-state index >= 15 is 0 Å². The van der Waals surface area contributed by atoms with Gasteiger partial charge < -0.3 is 41.2 Å². The number of anilines is 2. The number of likely N-dealkylation sites (N-methyl/N-ethyl adjacent to an activating group) is 1. The first-order chi connectivity index (χ1) is 13.3. The summed E-state index contributed by atoms with van der Waals surface area (Å²) in [5, 5.41) is 50.5. The summed E-state index contributed by atoms with van der Waals surface area (Å²) in [5.41, 5.74) is 10.4. The van der Waals surface area contributed by atoms with Crippen molar-refractivity contribution in [3.05, 3.63) is 35.9 Å². The number of aromatic amines is 1. The van der Waals surface area contributed by atoms with E-state index in [0.717, 1.165) is 33.1 Å². The number of hydrogen-bond acceptors (Lipinski definition) is 7. The number of aromatic nitrogens is 1. The predicted octanol–water partition coefficient (Wildman–Crippen LogP) is 0.0838. The van der Waals surface area contributed by atoms with Crippen molar-refractivity contribution < 1.29 is 25.5 Å². The quantitative estimate of drug-likeness (QED) is 0.283. The van der Waals surface area contributed by atoms with E-state index in [9.17, 15) is 20.4 Å². The monoisotopic (exact) mass is 389 g/mol. The fourth-order valence-electron chi connectivity index (χ4n) is 3.52. The van der Waals surface area contributed by atoms with Gasteiger partial charge in [-0.1, -0.05) is 18.2 Å². The Hall–Kier alpha value is -2.36. The maximum atomic E-state index is 10.3. The number of rotatable bonds is 7. The first kappa shape index (κ1) is 20.4. The molecule has 0 amide bonds. The van der Waals surface area contributed by atoms with Crippen LogP contribution < -0.4 is 10.6 Å². The molecule has 3 aromatic rings. The van der Waals surface area contributed by atoms with E-state index in [0.29, 0.717) is 5.69 Å². The van der Waals surface area contributed by atoms with E-state index in [4.69, 9.17) is 10.8 Å². The predicted molar refractivity (Wildman–Crippen MR) is 109 cm³/mol. The number of hydrogen-bond donors (Lipinski definition) is 7. The van der Waals surface area contributed by atoms with E-state index in [1.54, 1.807) is 11.9 Å². The van der Waals surface area contributed by atoms with Gasteiger partial charge in [0.25, 0.3) is 0 Å². The van der Waals surface area contributed by atoms with Crippen molar-refractivity contribution in [3.8, 4) is 0 Å². The van der Waals surface area contributed by atoms with Crippen LogP contribution >= 0.6 is 0 Å². The number of benzene rings is 2. The molecular weight excluding hydrogens is 362 g/mol. The summed E-state index contributed by atoms with van der Waals surface area (Å²) in [6.45, 7) is 1.18. The van der Waals surface area contributed by atoms with Gasteiger partial charge in [-0.05, 0) is 24.6 Å². The molecule has 0 aliphatic carbocycles. The lowest BCUT2D eigenvalue weighted by atomic mass is 10.0. The summed E-state index contributed by atoms with van der Waals surface area (Å²) in [7, 11) is 1.75. The lowest BCUT2D eigenvalue weighted by Crippen LogP contribution is -2.49. The number of nitrogens with two attached hydrogens (primary N) is 1. The normalized spacial score (nSPS) is 16.2. The Kier molecular flexibility index (Phi) is 5.78. The number of fused-ring (bicyclic) bond motifs is 3. The molecule has 152 valence electrons. The van der Waals surface area contributed by atoms with E-state index in [1.807, 2.05) is 37.3 Å². The Bertz CT molecular complexity index is 973. The van der Waals surface area contributed by atoms with E-state index in [-0.39, 0.29) is 6.54 Å². The van der Waals surface area contributed by atoms with E-state index in [2.05, 4.69) is 4.98 Å². The third-order valence-corrected chi connectivity index (χ3v) is 5.21. The average Bonchev–Trinajstić information content (AvgIpc) is 3.08. The van der Waals surface area contributed by atoms with Crippen LogP contribution in [0.5, 0.6) is 0 Å². The highest BCUT2D eigenvalue weighted by Gasteiger charge is 2.31. The smallest absolute Gasteiger partial charge is 0.111 e. The van der Waals surface area contributed by atoms with Crippen LogP contribution in [0.25, 0.3) is 21.8 Å². The zero-order valence-corrected chi connectivity index (χ0v) is 15.9. The minimum atomic E-state index is -1.66. The molecule has 8 N–H and O–H groups in total. The highest BCUT2D eigenvalue weighted by molar-refractivity contribution is 6.17. The first-order valence-electron chi connectivity index (χ1n) is 9.10. The number of nitrogens with zero attached hydrogens (tertiary/aromatic N) is 1. The maximum Gasteiger partial charge on any atom is 0.111 e. The lowest BCUT2D eigenvalue weighted by molar-refractivity contribution is -0.112. The molecule has 8 heteroatoms. The van der Waals surface area contributed by atoms with Crippen molar-refractivity contribution in [3.63, 3.8) is 0 Å². The molecule has 8 nitrogen and oxygen atoms in total. The first-order valence-corrected chi connectivity index (χ1v) is 9.10. The van der Waals surface area contributed by atoms with Gasteiger partial charge in [0, 0.05) is 35.6 Å². The highest BCUT2D eigenvalue weighted by atomic mass is 16.4. The molecule has 0 saturated carbocycles. The average molecular weight is 389 g/mol. The van der Waals surface area contributed by atoms with E-state index < -0.39 is 31.0 Å². The third-order valence-electron chi connectivity index (χ3n) is 5.21. The number of para-hydroxylation sites is 1. The topological polar surface area (TPSA) is 146 Å². The van der Waals surface area contributed by atoms with Gasteiger partial charge in [-0.3, -0.25) is 0 Å². The standard InChI is InChI=1S/C20H27N3O5/c1-10-7-13(23(2)8-14(25)19(27)20(28)15(26)9-24)18-16(17(10)21)11-5-3-4-6-12(11)22-18/h3-7,14-15,19-20,22,24-28H,8-9,21H2,1-2H3. The molecule has 0 spiro atoms. The van der Waals surface area contributed by atoms with Gasteiger partial charge in [0.2, 0.25) is 0 Å². The van der Waals surface area contributed by atoms with Gasteiger partial charge in [0.1, 0.15) is 18.3 Å². The Balaban J connectivity index is 1.96. The summed E-state index contributed by atoms with van der Waals surface area (Å²) >= 11 is 0. The number of aliphatic hydroxyl groups excluding tert-OH is 5. The number of aliphatic hydroxyl groups is 5. The molecule has 28 heavy (non-hydrogen) atoms. The molecule has 0 aliphatic heterocycles. The second kappa shape index (κ2) is 7.94. The maximum absolute atomic E-state index is 10.3. The van der Waals surface area contributed by atoms with Crippen molar-refractivity contribution in [2.24, 2.45) is 0 Å². The van der Waals surface area contributed by atoms with Crippen LogP contribution in [0.4, 0.5) is 11.4 Å². The molecule has 0 saturated heterocycles. The Labute approximate surface area is 162 Å². The van der Waals surface area contributed by atoms with Gasteiger partial charge in [0.15, 0.2) is 0 Å². The Morgan fingerprint density at radius 2 is 1.71 bits per heavy atom. The second-order valence-electron chi connectivity index (χ2n) is 7.23. The molecule has 1 aromatic heterocycles. The molecule has 4 unspecified atom stereocenters. The fraction of sp³-hybridized carbons (Fsp3) is 0.400. The van der Waals surface area contributed by atoms with Crippen LogP contribution in [0.15, 0.2) is 30.3 Å². The van der Waals surface area contributed by atoms with E-state index in [1.165, 1.54) is 0 Å². The Morgan fingerprint density at radius 1 is 1.07 bits per heavy atom. The fourth-order valence-corrected chi connectivity index (χ4v) is 3.52. The molecular formula is C20H27N3O5. The van der Waals surface area contributed by atoms with Gasteiger partial charge >= 0.3 is 0 Å². The zero-order chi connectivity index (χ0) is 20.6. The summed E-state index contributed by atoms with van der Waals surface area (Å²) in [4.78, 5) is 5.11. The number of nitrogen functional groups attached to an aromatic ring is 1. The van der Waals surface area contributed by atoms with Crippen molar-refractivity contribution in [1.82, 2.24) is 4.98 Å². The van der Waals surface area contributed by atoms with Crippen LogP contribution in [0.2, 0.25) is 0 Å². The summed E-state index contributed by atoms with van der Waals surface area (Å²) in [5.74, 6) is 0. The van der Waals surface area contributed by atoms with Crippen LogP contribution in [-0.2, 0) is 0 Å². The molecule has 3 rings (SSSR count). The molecule has 0 radical (unpaired) electrons. The highest BCUT2D eigenvalue weighted by Crippen LogP contribution is 2.38. The molecule has 2 aromatic carbocycles. The van der Waals surface area contributed by atoms with Crippen LogP contribution in [0, 0.1) is 6.92 Å². The van der Waals surface area contributed by atoms with Crippen molar-refractivity contribution in [2.45, 2.75) is 31.3 Å². The molecule has 0 bridgehead atoms. The number of aryl methyl sites for hydroxylation is 1. The van der Waals surface area contributed by atoms with Gasteiger partial charge in [-0.15, -0.1) is 0 Å². The second-order valence-corrected chi connectivity index (χ2v) is 7.23. The SMILES string of the molecule is Cc1cc(N(C)CC(O)C(O)C(O)C(O)CO)c2[nH]c3ccccc3c2c1N. The van der Waals surface area contributed by atoms with Crippen molar-refractivity contribution >= 4 is 33.2 Å². The van der Waals surface area contributed by atoms with Gasteiger partial charge in [0.05, 0.1) is 23.9 Å². The summed E-state index contributed by atoms with van der Waals surface area (Å²) in [6, 6.07) is 9.70. The molecule has 4 atom stereocenters. The zero-order valence-electron chi connectivity index (χ0n) is 15.9. The molecule has 0 aliphatic rings. The van der Waals surface area contributed by atoms with Gasteiger partial charge in [-0.25, -0.2) is 0 Å². The van der Waals surface area contributed by atoms with Crippen molar-refractivity contribution in [2.75, 3.05) is 30.8 Å². The number of H-pyrrole nitrogens is 1.